The summed E-state index contributed by atoms with van der Waals surface area (Å²) in [6.45, 7) is 7.13. The van der Waals surface area contributed by atoms with Gasteiger partial charge in [-0.2, -0.15) is 0 Å². The first kappa shape index (κ1) is 13.3. The number of nitrogens with zero attached hydrogens (tertiary/aromatic N) is 1. The maximum Gasteiger partial charge on any atom is 0.287 e. The van der Waals surface area contributed by atoms with Gasteiger partial charge in [-0.25, -0.2) is 0 Å². The van der Waals surface area contributed by atoms with Gasteiger partial charge < -0.3 is 4.42 Å². The van der Waals surface area contributed by atoms with Crippen molar-refractivity contribution in [2.45, 2.75) is 33.2 Å². The van der Waals surface area contributed by atoms with Crippen molar-refractivity contribution in [3.05, 3.63) is 23.7 Å². The van der Waals surface area contributed by atoms with Crippen LogP contribution in [0.5, 0.6) is 0 Å². The molecule has 0 aliphatic rings. The Balaban J connectivity index is 2.58. The SMILES string of the molecule is CCCN(CCC)Cc1ccc(C(=O)Cl)o1. The Bertz CT molecular complexity index is 330. The number of hydrogen-bond donors (Lipinski definition) is 0. The first-order valence-electron chi connectivity index (χ1n) is 5.68. The maximum absolute atomic E-state index is 10.9. The third-order valence-electron chi connectivity index (χ3n) is 2.31. The Hall–Kier alpha value is -0.800. The average Bonchev–Trinajstić information content (AvgIpc) is 2.67. The lowest BCUT2D eigenvalue weighted by Crippen LogP contribution is -2.24. The molecule has 90 valence electrons. The van der Waals surface area contributed by atoms with E-state index in [-0.39, 0.29) is 5.76 Å². The van der Waals surface area contributed by atoms with E-state index in [1.807, 2.05) is 6.07 Å². The molecule has 0 aromatic carbocycles. The van der Waals surface area contributed by atoms with E-state index in [1.54, 1.807) is 6.07 Å². The van der Waals surface area contributed by atoms with Gasteiger partial charge in [0.2, 0.25) is 0 Å². The van der Waals surface area contributed by atoms with Crippen molar-refractivity contribution < 1.29 is 9.21 Å². The second-order valence-electron chi connectivity index (χ2n) is 3.82. The molecule has 0 fully saturated rings. The molecule has 0 aliphatic carbocycles. The van der Waals surface area contributed by atoms with Gasteiger partial charge in [0.15, 0.2) is 5.76 Å². The maximum atomic E-state index is 10.9. The fourth-order valence-electron chi connectivity index (χ4n) is 1.69. The third kappa shape index (κ3) is 3.99. The van der Waals surface area contributed by atoms with Gasteiger partial charge in [-0.1, -0.05) is 13.8 Å². The van der Waals surface area contributed by atoms with E-state index < -0.39 is 5.24 Å². The van der Waals surface area contributed by atoms with Crippen LogP contribution in [0.25, 0.3) is 0 Å². The van der Waals surface area contributed by atoms with Gasteiger partial charge in [0, 0.05) is 0 Å². The molecule has 0 spiro atoms. The lowest BCUT2D eigenvalue weighted by Gasteiger charge is -2.19. The van der Waals surface area contributed by atoms with Crippen LogP contribution in [0, 0.1) is 0 Å². The van der Waals surface area contributed by atoms with Crippen molar-refractivity contribution in [3.63, 3.8) is 0 Å². The minimum atomic E-state index is -0.538. The lowest BCUT2D eigenvalue weighted by molar-refractivity contribution is 0.105. The largest absolute Gasteiger partial charge is 0.455 e. The zero-order valence-corrected chi connectivity index (χ0v) is 10.6. The Morgan fingerprint density at radius 2 is 1.94 bits per heavy atom. The molecule has 0 bridgehead atoms. The molecule has 16 heavy (non-hydrogen) atoms. The van der Waals surface area contributed by atoms with Gasteiger partial charge >= 0.3 is 0 Å². The summed E-state index contributed by atoms with van der Waals surface area (Å²) in [5, 5.41) is -0.538. The van der Waals surface area contributed by atoms with Crippen LogP contribution in [0.2, 0.25) is 0 Å². The predicted molar refractivity (Wildman–Crippen MR) is 64.8 cm³/mol. The molecule has 0 N–H and O–H groups in total. The van der Waals surface area contributed by atoms with E-state index in [4.69, 9.17) is 16.0 Å². The molecule has 1 aromatic rings. The van der Waals surface area contributed by atoms with E-state index in [0.717, 1.165) is 38.2 Å². The van der Waals surface area contributed by atoms with Gasteiger partial charge in [0.25, 0.3) is 5.24 Å². The lowest BCUT2D eigenvalue weighted by atomic mass is 10.3. The molecule has 1 heterocycles. The van der Waals surface area contributed by atoms with Gasteiger partial charge in [-0.15, -0.1) is 0 Å². The highest BCUT2D eigenvalue weighted by Crippen LogP contribution is 2.13. The van der Waals surface area contributed by atoms with E-state index in [9.17, 15) is 4.79 Å². The van der Waals surface area contributed by atoms with Crippen LogP contribution in [-0.4, -0.2) is 23.2 Å². The highest BCUT2D eigenvalue weighted by atomic mass is 35.5. The molecule has 0 radical (unpaired) electrons. The molecule has 0 saturated heterocycles. The average molecular weight is 244 g/mol. The summed E-state index contributed by atoms with van der Waals surface area (Å²) in [5.74, 6) is 1.02. The minimum Gasteiger partial charge on any atom is -0.455 e. The molecular weight excluding hydrogens is 226 g/mol. The van der Waals surface area contributed by atoms with E-state index in [0.29, 0.717) is 0 Å². The van der Waals surface area contributed by atoms with Crippen molar-refractivity contribution in [1.82, 2.24) is 4.90 Å². The number of carbonyl (C=O) groups excluding carboxylic acids is 1. The third-order valence-corrected chi connectivity index (χ3v) is 2.50. The number of carbonyl (C=O) groups is 1. The molecule has 3 nitrogen and oxygen atoms in total. The van der Waals surface area contributed by atoms with Gasteiger partial charge in [0.05, 0.1) is 6.54 Å². The van der Waals surface area contributed by atoms with Crippen molar-refractivity contribution in [1.29, 1.82) is 0 Å². The molecule has 1 aromatic heterocycles. The molecule has 1 rings (SSSR count). The molecule has 0 amide bonds. The molecule has 0 atom stereocenters. The van der Waals surface area contributed by atoms with E-state index in [1.165, 1.54) is 0 Å². The molecule has 0 saturated carbocycles. The quantitative estimate of drug-likeness (QED) is 0.689. The summed E-state index contributed by atoms with van der Waals surface area (Å²) >= 11 is 5.33. The number of halogens is 1. The van der Waals surface area contributed by atoms with Crippen molar-refractivity contribution in [3.8, 4) is 0 Å². The zero-order valence-electron chi connectivity index (χ0n) is 9.83. The normalized spacial score (nSPS) is 11.0. The van der Waals surface area contributed by atoms with Crippen LogP contribution in [-0.2, 0) is 6.54 Å². The molecule has 4 heteroatoms. The standard InChI is InChI=1S/C12H18ClNO2/c1-3-7-14(8-4-2)9-10-5-6-11(16-10)12(13)15/h5-6H,3-4,7-9H2,1-2H3. The summed E-state index contributed by atoms with van der Waals surface area (Å²) in [6, 6.07) is 3.44. The highest BCUT2D eigenvalue weighted by Gasteiger charge is 2.10. The van der Waals surface area contributed by atoms with Crippen LogP contribution < -0.4 is 0 Å². The second-order valence-corrected chi connectivity index (χ2v) is 4.16. The Morgan fingerprint density at radius 3 is 2.38 bits per heavy atom. The smallest absolute Gasteiger partial charge is 0.287 e. The van der Waals surface area contributed by atoms with Crippen molar-refractivity contribution >= 4 is 16.8 Å². The first-order chi connectivity index (χ1) is 7.67. The van der Waals surface area contributed by atoms with Gasteiger partial charge in [-0.3, -0.25) is 9.69 Å². The summed E-state index contributed by atoms with van der Waals surface area (Å²) in [7, 11) is 0. The topological polar surface area (TPSA) is 33.5 Å². The van der Waals surface area contributed by atoms with Crippen LogP contribution >= 0.6 is 11.6 Å². The van der Waals surface area contributed by atoms with Crippen molar-refractivity contribution in [2.75, 3.05) is 13.1 Å². The summed E-state index contributed by atoms with van der Waals surface area (Å²) < 4.78 is 5.35. The van der Waals surface area contributed by atoms with Gasteiger partial charge in [-0.05, 0) is 49.7 Å². The fraction of sp³-hybridized carbons (Fsp3) is 0.583. The highest BCUT2D eigenvalue weighted by molar-refractivity contribution is 6.67. The van der Waals surface area contributed by atoms with Crippen LogP contribution in [0.1, 0.15) is 43.0 Å². The van der Waals surface area contributed by atoms with Crippen molar-refractivity contribution in [2.24, 2.45) is 0 Å². The molecule has 0 aliphatic heterocycles. The summed E-state index contributed by atoms with van der Waals surface area (Å²) in [4.78, 5) is 13.2. The minimum absolute atomic E-state index is 0.226. The Kier molecular flexibility index (Phi) is 5.56. The molecular formula is C12H18ClNO2. The van der Waals surface area contributed by atoms with E-state index in [2.05, 4.69) is 18.7 Å². The number of rotatable bonds is 7. The van der Waals surface area contributed by atoms with Gasteiger partial charge in [0.1, 0.15) is 5.76 Å². The fourth-order valence-corrected chi connectivity index (χ4v) is 1.79. The van der Waals surface area contributed by atoms with Crippen LogP contribution in [0.4, 0.5) is 0 Å². The summed E-state index contributed by atoms with van der Waals surface area (Å²) in [5.41, 5.74) is 0. The Labute approximate surface area is 101 Å². The second kappa shape index (κ2) is 6.71. The van der Waals surface area contributed by atoms with Crippen LogP contribution in [0.15, 0.2) is 16.5 Å². The predicted octanol–water partition coefficient (Wildman–Crippen LogP) is 3.28. The molecule has 0 unspecified atom stereocenters. The van der Waals surface area contributed by atoms with Crippen LogP contribution in [0.3, 0.4) is 0 Å². The summed E-state index contributed by atoms with van der Waals surface area (Å²) in [6.07, 6.45) is 2.23. The Morgan fingerprint density at radius 1 is 1.31 bits per heavy atom. The first-order valence-corrected chi connectivity index (χ1v) is 6.06. The number of hydrogen-bond acceptors (Lipinski definition) is 3. The monoisotopic (exact) mass is 243 g/mol. The number of furan rings is 1. The van der Waals surface area contributed by atoms with E-state index >= 15 is 0 Å². The zero-order chi connectivity index (χ0) is 12.0.